The Labute approximate surface area is 101 Å². The summed E-state index contributed by atoms with van der Waals surface area (Å²) in [5.74, 6) is 3.89. The molecule has 0 spiro atoms. The Bertz CT molecular complexity index is 211. The molecule has 0 bridgehead atoms. The fraction of sp³-hybridized carbons (Fsp3) is 1.00. The third-order valence-corrected chi connectivity index (χ3v) is 4.53. The summed E-state index contributed by atoms with van der Waals surface area (Å²) in [7, 11) is 0. The lowest BCUT2D eigenvalue weighted by molar-refractivity contribution is 0.251. The molecule has 0 saturated heterocycles. The molecule has 0 aromatic carbocycles. The van der Waals surface area contributed by atoms with Crippen LogP contribution in [0.5, 0.6) is 0 Å². The quantitative estimate of drug-likeness (QED) is 0.747. The lowest BCUT2D eigenvalue weighted by atomic mass is 9.81. The molecule has 2 saturated carbocycles. The highest BCUT2D eigenvalue weighted by Gasteiger charge is 2.33. The van der Waals surface area contributed by atoms with Gasteiger partial charge in [0.2, 0.25) is 0 Å². The highest BCUT2D eigenvalue weighted by Crippen LogP contribution is 2.37. The van der Waals surface area contributed by atoms with Gasteiger partial charge < -0.3 is 5.32 Å². The Morgan fingerprint density at radius 3 is 2.56 bits per heavy atom. The average Bonchev–Trinajstić information content (AvgIpc) is 2.91. The lowest BCUT2D eigenvalue weighted by Crippen LogP contribution is -2.35. The molecule has 0 aliphatic heterocycles. The minimum Gasteiger partial charge on any atom is -0.314 e. The first-order valence-corrected chi connectivity index (χ1v) is 7.38. The summed E-state index contributed by atoms with van der Waals surface area (Å²) >= 11 is 0. The number of hydrogen-bond acceptors (Lipinski definition) is 1. The molecule has 16 heavy (non-hydrogen) atoms. The van der Waals surface area contributed by atoms with Crippen molar-refractivity contribution in [2.45, 2.75) is 65.3 Å². The zero-order valence-corrected chi connectivity index (χ0v) is 11.3. The molecule has 4 unspecified atom stereocenters. The van der Waals surface area contributed by atoms with Gasteiger partial charge in [0.1, 0.15) is 0 Å². The van der Waals surface area contributed by atoms with Crippen LogP contribution in [0.1, 0.15) is 59.3 Å². The van der Waals surface area contributed by atoms with E-state index < -0.39 is 0 Å². The van der Waals surface area contributed by atoms with Crippen molar-refractivity contribution in [3.63, 3.8) is 0 Å². The molecule has 2 fully saturated rings. The topological polar surface area (TPSA) is 12.0 Å². The normalized spacial score (nSPS) is 39.0. The average molecular weight is 223 g/mol. The molecule has 1 heteroatoms. The largest absolute Gasteiger partial charge is 0.314 e. The van der Waals surface area contributed by atoms with Gasteiger partial charge in [0, 0.05) is 6.04 Å². The van der Waals surface area contributed by atoms with Crippen molar-refractivity contribution < 1.29 is 0 Å². The van der Waals surface area contributed by atoms with Crippen LogP contribution in [0.4, 0.5) is 0 Å². The van der Waals surface area contributed by atoms with Gasteiger partial charge in [0.25, 0.3) is 0 Å². The van der Waals surface area contributed by atoms with Gasteiger partial charge in [0.15, 0.2) is 0 Å². The summed E-state index contributed by atoms with van der Waals surface area (Å²) in [6, 6.07) is 0.838. The molecule has 1 nitrogen and oxygen atoms in total. The minimum atomic E-state index is 0.838. The fourth-order valence-corrected chi connectivity index (χ4v) is 3.36. The standard InChI is InChI=1S/C15H29N/c1-11(2)7-13-5-4-6-15(9-13)16-10-14-8-12(14)3/h11-16H,4-10H2,1-3H3. The lowest BCUT2D eigenvalue weighted by Gasteiger charge is -2.31. The molecule has 0 aromatic rings. The third kappa shape index (κ3) is 3.76. The van der Waals surface area contributed by atoms with Crippen LogP contribution in [0.25, 0.3) is 0 Å². The fourth-order valence-electron chi connectivity index (χ4n) is 3.36. The van der Waals surface area contributed by atoms with E-state index in [-0.39, 0.29) is 0 Å². The summed E-state index contributed by atoms with van der Waals surface area (Å²) < 4.78 is 0. The number of rotatable bonds is 5. The van der Waals surface area contributed by atoms with E-state index in [2.05, 4.69) is 26.1 Å². The van der Waals surface area contributed by atoms with Gasteiger partial charge in [-0.1, -0.05) is 33.6 Å². The Morgan fingerprint density at radius 2 is 1.94 bits per heavy atom. The molecular formula is C15H29N. The van der Waals surface area contributed by atoms with Crippen LogP contribution in [0.3, 0.4) is 0 Å². The van der Waals surface area contributed by atoms with Gasteiger partial charge in [-0.3, -0.25) is 0 Å². The molecular weight excluding hydrogens is 194 g/mol. The molecule has 2 aliphatic rings. The maximum absolute atomic E-state index is 3.82. The number of nitrogens with one attached hydrogen (secondary N) is 1. The van der Waals surface area contributed by atoms with Crippen molar-refractivity contribution >= 4 is 0 Å². The van der Waals surface area contributed by atoms with E-state index in [1.807, 2.05) is 0 Å². The molecule has 2 rings (SSSR count). The van der Waals surface area contributed by atoms with Crippen LogP contribution in [-0.2, 0) is 0 Å². The second-order valence-electron chi connectivity index (χ2n) is 6.74. The summed E-state index contributed by atoms with van der Waals surface area (Å²) in [5, 5.41) is 3.82. The van der Waals surface area contributed by atoms with E-state index in [1.54, 1.807) is 0 Å². The van der Waals surface area contributed by atoms with Crippen molar-refractivity contribution in [3.05, 3.63) is 0 Å². The second kappa shape index (κ2) is 5.53. The molecule has 4 atom stereocenters. The van der Waals surface area contributed by atoms with E-state index in [4.69, 9.17) is 0 Å². The zero-order chi connectivity index (χ0) is 11.5. The molecule has 0 amide bonds. The molecule has 2 aliphatic carbocycles. The van der Waals surface area contributed by atoms with Crippen LogP contribution in [0.15, 0.2) is 0 Å². The maximum atomic E-state index is 3.82. The first kappa shape index (κ1) is 12.4. The van der Waals surface area contributed by atoms with Crippen LogP contribution in [0, 0.1) is 23.7 Å². The molecule has 0 radical (unpaired) electrons. The van der Waals surface area contributed by atoms with Gasteiger partial charge in [-0.15, -0.1) is 0 Å². The summed E-state index contributed by atoms with van der Waals surface area (Å²) in [6.07, 6.45) is 8.72. The van der Waals surface area contributed by atoms with Gasteiger partial charge in [-0.05, 0) is 55.9 Å². The van der Waals surface area contributed by atoms with E-state index in [0.29, 0.717) is 0 Å². The molecule has 1 N–H and O–H groups in total. The molecule has 94 valence electrons. The minimum absolute atomic E-state index is 0.838. The van der Waals surface area contributed by atoms with E-state index in [0.717, 1.165) is 29.7 Å². The van der Waals surface area contributed by atoms with Crippen molar-refractivity contribution in [2.24, 2.45) is 23.7 Å². The summed E-state index contributed by atoms with van der Waals surface area (Å²) in [6.45, 7) is 8.40. The van der Waals surface area contributed by atoms with E-state index in [9.17, 15) is 0 Å². The van der Waals surface area contributed by atoms with Crippen molar-refractivity contribution in [1.29, 1.82) is 0 Å². The van der Waals surface area contributed by atoms with Gasteiger partial charge >= 0.3 is 0 Å². The smallest absolute Gasteiger partial charge is 0.00698 e. The summed E-state index contributed by atoms with van der Waals surface area (Å²) in [4.78, 5) is 0. The Balaban J connectivity index is 1.65. The van der Waals surface area contributed by atoms with Crippen molar-refractivity contribution in [1.82, 2.24) is 5.32 Å². The highest BCUT2D eigenvalue weighted by molar-refractivity contribution is 4.86. The molecule has 0 heterocycles. The van der Waals surface area contributed by atoms with Gasteiger partial charge in [-0.25, -0.2) is 0 Å². The predicted molar refractivity (Wildman–Crippen MR) is 70.5 cm³/mol. The third-order valence-electron chi connectivity index (χ3n) is 4.53. The van der Waals surface area contributed by atoms with Crippen molar-refractivity contribution in [2.75, 3.05) is 6.54 Å². The first-order valence-electron chi connectivity index (χ1n) is 7.38. The highest BCUT2D eigenvalue weighted by atomic mass is 14.9. The van der Waals surface area contributed by atoms with Crippen LogP contribution in [-0.4, -0.2) is 12.6 Å². The second-order valence-corrected chi connectivity index (χ2v) is 6.74. The van der Waals surface area contributed by atoms with Crippen LogP contribution < -0.4 is 5.32 Å². The van der Waals surface area contributed by atoms with Crippen molar-refractivity contribution in [3.8, 4) is 0 Å². The zero-order valence-electron chi connectivity index (χ0n) is 11.3. The Hall–Kier alpha value is -0.0400. The number of hydrogen-bond donors (Lipinski definition) is 1. The SMILES string of the molecule is CC(C)CC1CCCC(NCC2CC2C)C1. The van der Waals surface area contributed by atoms with E-state index >= 15 is 0 Å². The van der Waals surface area contributed by atoms with Crippen LogP contribution in [0.2, 0.25) is 0 Å². The Kier molecular flexibility index (Phi) is 4.29. The predicted octanol–water partition coefficient (Wildman–Crippen LogP) is 3.84. The monoisotopic (exact) mass is 223 g/mol. The van der Waals surface area contributed by atoms with Gasteiger partial charge in [0.05, 0.1) is 0 Å². The molecule has 0 aromatic heterocycles. The van der Waals surface area contributed by atoms with E-state index in [1.165, 1.54) is 45.1 Å². The maximum Gasteiger partial charge on any atom is 0.00698 e. The first-order chi connectivity index (χ1) is 7.65. The van der Waals surface area contributed by atoms with Crippen LogP contribution >= 0.6 is 0 Å². The van der Waals surface area contributed by atoms with Gasteiger partial charge in [-0.2, -0.15) is 0 Å². The summed E-state index contributed by atoms with van der Waals surface area (Å²) in [5.41, 5.74) is 0. The Morgan fingerprint density at radius 1 is 1.19 bits per heavy atom.